The van der Waals surface area contributed by atoms with Crippen LogP contribution >= 0.6 is 11.3 Å². The number of hydrogen-bond donors (Lipinski definition) is 1. The highest BCUT2D eigenvalue weighted by atomic mass is 32.1. The molecule has 0 aliphatic carbocycles. The van der Waals surface area contributed by atoms with Crippen molar-refractivity contribution in [1.82, 2.24) is 5.32 Å². The summed E-state index contributed by atoms with van der Waals surface area (Å²) in [6, 6.07) is 4.30. The SMILES string of the molecule is COCCOCCCCNCCc1cccs1. The maximum Gasteiger partial charge on any atom is 0.0700 e. The zero-order chi connectivity index (χ0) is 12.2. The third-order valence-electron chi connectivity index (χ3n) is 2.45. The van der Waals surface area contributed by atoms with Crippen LogP contribution in [0.4, 0.5) is 0 Å². The Balaban J connectivity index is 1.76. The van der Waals surface area contributed by atoms with Crippen LogP contribution in [0.25, 0.3) is 0 Å². The predicted octanol–water partition coefficient (Wildman–Crippen LogP) is 2.32. The molecule has 0 atom stereocenters. The number of thiophene rings is 1. The summed E-state index contributed by atoms with van der Waals surface area (Å²) in [5.74, 6) is 0. The molecular weight excluding hydrogens is 234 g/mol. The van der Waals surface area contributed by atoms with Crippen LogP contribution in [-0.4, -0.2) is 40.0 Å². The first-order valence-electron chi connectivity index (χ1n) is 6.23. The smallest absolute Gasteiger partial charge is 0.0700 e. The second kappa shape index (κ2) is 10.7. The largest absolute Gasteiger partial charge is 0.382 e. The molecule has 0 fully saturated rings. The Labute approximate surface area is 108 Å². The quantitative estimate of drug-likeness (QED) is 0.617. The first kappa shape index (κ1) is 14.6. The van der Waals surface area contributed by atoms with E-state index < -0.39 is 0 Å². The molecule has 1 N–H and O–H groups in total. The molecule has 0 aliphatic heterocycles. The normalized spacial score (nSPS) is 10.9. The highest BCUT2D eigenvalue weighted by Crippen LogP contribution is 2.07. The first-order chi connectivity index (χ1) is 8.43. The van der Waals surface area contributed by atoms with Gasteiger partial charge in [0.2, 0.25) is 0 Å². The Morgan fingerprint density at radius 2 is 2.12 bits per heavy atom. The van der Waals surface area contributed by atoms with Gasteiger partial charge in [-0.1, -0.05) is 6.07 Å². The molecule has 0 saturated heterocycles. The highest BCUT2D eigenvalue weighted by Gasteiger charge is 1.93. The summed E-state index contributed by atoms with van der Waals surface area (Å²) >= 11 is 1.83. The molecule has 0 amide bonds. The standard InChI is InChI=1S/C13H23NO2S/c1-15-10-11-16-9-3-2-7-14-8-6-13-5-4-12-17-13/h4-5,12,14H,2-3,6-11H2,1H3. The average molecular weight is 257 g/mol. The van der Waals surface area contributed by atoms with Crippen LogP contribution in [0.3, 0.4) is 0 Å². The van der Waals surface area contributed by atoms with Gasteiger partial charge in [0.25, 0.3) is 0 Å². The van der Waals surface area contributed by atoms with Gasteiger partial charge in [-0.15, -0.1) is 11.3 Å². The summed E-state index contributed by atoms with van der Waals surface area (Å²) in [6.07, 6.45) is 3.44. The first-order valence-corrected chi connectivity index (χ1v) is 7.11. The van der Waals surface area contributed by atoms with E-state index in [9.17, 15) is 0 Å². The van der Waals surface area contributed by atoms with Crippen molar-refractivity contribution in [3.63, 3.8) is 0 Å². The third kappa shape index (κ3) is 8.32. The van der Waals surface area contributed by atoms with Crippen molar-refractivity contribution in [1.29, 1.82) is 0 Å². The summed E-state index contributed by atoms with van der Waals surface area (Å²) < 4.78 is 10.3. The van der Waals surface area contributed by atoms with E-state index in [-0.39, 0.29) is 0 Å². The van der Waals surface area contributed by atoms with E-state index in [0.717, 1.165) is 32.5 Å². The molecule has 0 radical (unpaired) electrons. The lowest BCUT2D eigenvalue weighted by Gasteiger charge is -2.05. The Morgan fingerprint density at radius 1 is 1.18 bits per heavy atom. The van der Waals surface area contributed by atoms with Crippen LogP contribution in [0.15, 0.2) is 17.5 Å². The van der Waals surface area contributed by atoms with Crippen molar-refractivity contribution in [2.75, 3.05) is 40.0 Å². The van der Waals surface area contributed by atoms with Crippen LogP contribution < -0.4 is 5.32 Å². The molecule has 0 saturated carbocycles. The predicted molar refractivity (Wildman–Crippen MR) is 72.8 cm³/mol. The highest BCUT2D eigenvalue weighted by molar-refractivity contribution is 7.09. The Kier molecular flexibility index (Phi) is 9.23. The zero-order valence-electron chi connectivity index (χ0n) is 10.6. The zero-order valence-corrected chi connectivity index (χ0v) is 11.4. The average Bonchev–Trinajstić information content (AvgIpc) is 2.85. The van der Waals surface area contributed by atoms with Gasteiger partial charge in [-0.25, -0.2) is 0 Å². The van der Waals surface area contributed by atoms with Crippen molar-refractivity contribution in [2.24, 2.45) is 0 Å². The number of rotatable bonds is 11. The molecule has 1 rings (SSSR count). The topological polar surface area (TPSA) is 30.5 Å². The fourth-order valence-corrected chi connectivity index (χ4v) is 2.20. The summed E-state index contributed by atoms with van der Waals surface area (Å²) in [6.45, 7) is 4.40. The molecule has 0 bridgehead atoms. The van der Waals surface area contributed by atoms with E-state index >= 15 is 0 Å². The lowest BCUT2D eigenvalue weighted by molar-refractivity contribution is 0.0688. The fraction of sp³-hybridized carbons (Fsp3) is 0.692. The molecule has 1 heterocycles. The summed E-state index contributed by atoms with van der Waals surface area (Å²) in [5.41, 5.74) is 0. The van der Waals surface area contributed by atoms with Gasteiger partial charge in [-0.2, -0.15) is 0 Å². The van der Waals surface area contributed by atoms with E-state index in [0.29, 0.717) is 13.2 Å². The van der Waals surface area contributed by atoms with Crippen molar-refractivity contribution < 1.29 is 9.47 Å². The van der Waals surface area contributed by atoms with Crippen molar-refractivity contribution >= 4 is 11.3 Å². The van der Waals surface area contributed by atoms with Gasteiger partial charge in [-0.3, -0.25) is 0 Å². The second-order valence-electron chi connectivity index (χ2n) is 3.89. The van der Waals surface area contributed by atoms with Gasteiger partial charge < -0.3 is 14.8 Å². The molecule has 0 aliphatic rings. The van der Waals surface area contributed by atoms with Gasteiger partial charge in [0.05, 0.1) is 13.2 Å². The molecule has 4 heteroatoms. The number of hydrogen-bond acceptors (Lipinski definition) is 4. The van der Waals surface area contributed by atoms with Gasteiger partial charge >= 0.3 is 0 Å². The molecule has 0 aromatic carbocycles. The van der Waals surface area contributed by atoms with Gasteiger partial charge in [0.15, 0.2) is 0 Å². The second-order valence-corrected chi connectivity index (χ2v) is 4.92. The Hall–Kier alpha value is -0.420. The monoisotopic (exact) mass is 257 g/mol. The van der Waals surface area contributed by atoms with E-state index in [1.807, 2.05) is 11.3 Å². The minimum Gasteiger partial charge on any atom is -0.382 e. The summed E-state index contributed by atoms with van der Waals surface area (Å²) in [7, 11) is 1.70. The molecule has 1 aromatic heterocycles. The van der Waals surface area contributed by atoms with Crippen LogP contribution in [0.1, 0.15) is 17.7 Å². The molecule has 1 aromatic rings. The van der Waals surface area contributed by atoms with Gasteiger partial charge in [0, 0.05) is 18.6 Å². The van der Waals surface area contributed by atoms with Crippen LogP contribution in [0, 0.1) is 0 Å². The minimum atomic E-state index is 0.694. The Morgan fingerprint density at radius 3 is 2.88 bits per heavy atom. The lowest BCUT2D eigenvalue weighted by Crippen LogP contribution is -2.18. The van der Waals surface area contributed by atoms with E-state index in [1.54, 1.807) is 7.11 Å². The summed E-state index contributed by atoms with van der Waals surface area (Å²) in [4.78, 5) is 1.46. The number of ether oxygens (including phenoxy) is 2. The van der Waals surface area contributed by atoms with Crippen LogP contribution in [0.2, 0.25) is 0 Å². The van der Waals surface area contributed by atoms with Gasteiger partial charge in [0.1, 0.15) is 0 Å². The van der Waals surface area contributed by atoms with Crippen LogP contribution in [0.5, 0.6) is 0 Å². The third-order valence-corrected chi connectivity index (χ3v) is 3.39. The van der Waals surface area contributed by atoms with E-state index in [1.165, 1.54) is 11.3 Å². The molecular formula is C13H23NO2S. The number of methoxy groups -OCH3 is 1. The fourth-order valence-electron chi connectivity index (χ4n) is 1.49. The van der Waals surface area contributed by atoms with Crippen LogP contribution in [-0.2, 0) is 15.9 Å². The molecule has 3 nitrogen and oxygen atoms in total. The maximum absolute atomic E-state index is 5.39. The molecule has 98 valence electrons. The number of unbranched alkanes of at least 4 members (excludes halogenated alkanes) is 1. The lowest BCUT2D eigenvalue weighted by atomic mass is 10.3. The molecule has 0 unspecified atom stereocenters. The number of nitrogens with one attached hydrogen (secondary N) is 1. The van der Waals surface area contributed by atoms with Crippen molar-refractivity contribution in [2.45, 2.75) is 19.3 Å². The van der Waals surface area contributed by atoms with E-state index in [2.05, 4.69) is 22.8 Å². The maximum atomic E-state index is 5.39. The van der Waals surface area contributed by atoms with Crippen molar-refractivity contribution in [3.05, 3.63) is 22.4 Å². The molecule has 17 heavy (non-hydrogen) atoms. The summed E-state index contributed by atoms with van der Waals surface area (Å²) in [5, 5.41) is 5.58. The van der Waals surface area contributed by atoms with Gasteiger partial charge in [-0.05, 0) is 43.8 Å². The minimum absolute atomic E-state index is 0.694. The molecule has 0 spiro atoms. The van der Waals surface area contributed by atoms with E-state index in [4.69, 9.17) is 9.47 Å². The van der Waals surface area contributed by atoms with Crippen molar-refractivity contribution in [3.8, 4) is 0 Å². The Bertz CT molecular complexity index is 252.